The molecule has 0 radical (unpaired) electrons. The minimum absolute atomic E-state index is 0.0378. The topological polar surface area (TPSA) is 229 Å². The fourth-order valence-corrected chi connectivity index (χ4v) is 6.38. The molecule has 1 unspecified atom stereocenters. The second kappa shape index (κ2) is 13.9. The Morgan fingerprint density at radius 3 is 2.39 bits per heavy atom. The fourth-order valence-electron chi connectivity index (χ4n) is 3.19. The number of aliphatic carboxylic acids is 2. The number of hydrogen-bond acceptors (Lipinski definition) is 10. The Bertz CT molecular complexity index is 1140. The summed E-state index contributed by atoms with van der Waals surface area (Å²) < 4.78 is 26.1. The number of urea groups is 1. The molecule has 0 saturated carbocycles. The van der Waals surface area contributed by atoms with Gasteiger partial charge in [0.2, 0.25) is 11.8 Å². The molecule has 0 aromatic heterocycles. The lowest BCUT2D eigenvalue weighted by molar-refractivity contribution is -0.139. The maximum atomic E-state index is 13.1. The third kappa shape index (κ3) is 9.47. The van der Waals surface area contributed by atoms with Gasteiger partial charge in [-0.2, -0.15) is 5.01 Å². The van der Waals surface area contributed by atoms with Crippen LogP contribution >= 0.6 is 11.8 Å². The Morgan fingerprint density at radius 2 is 1.84 bits per heavy atom. The van der Waals surface area contributed by atoms with E-state index < -0.39 is 69.4 Å². The molecule has 0 aliphatic carbocycles. The molecule has 0 spiro atoms. The molecule has 1 fully saturated rings. The highest BCUT2D eigenvalue weighted by Gasteiger charge is 2.35. The molecule has 3 atom stereocenters. The van der Waals surface area contributed by atoms with Crippen molar-refractivity contribution in [3.63, 3.8) is 0 Å². The third-order valence-electron chi connectivity index (χ3n) is 5.28. The van der Waals surface area contributed by atoms with Gasteiger partial charge in [0.1, 0.15) is 18.6 Å². The molecule has 17 heteroatoms. The SMILES string of the molecule is CN1CN(C(CS(=O)(=O)c2ccccc2)SC[C@H](NC(=O)CC[C@H](N)C(=O)O)C(=O)NCC(=O)O)NC1=O. The lowest BCUT2D eigenvalue weighted by Gasteiger charge is -2.27. The highest BCUT2D eigenvalue weighted by molar-refractivity contribution is 8.01. The zero-order valence-corrected chi connectivity index (χ0v) is 22.0. The van der Waals surface area contributed by atoms with Gasteiger partial charge in [-0.25, -0.2) is 13.2 Å². The van der Waals surface area contributed by atoms with Gasteiger partial charge in [0.25, 0.3) is 0 Å². The number of nitrogens with one attached hydrogen (secondary N) is 3. The van der Waals surface area contributed by atoms with Gasteiger partial charge < -0.3 is 31.5 Å². The Morgan fingerprint density at radius 1 is 1.18 bits per heavy atom. The van der Waals surface area contributed by atoms with Crippen molar-refractivity contribution in [2.75, 3.05) is 31.8 Å². The van der Waals surface area contributed by atoms with Gasteiger partial charge in [0.15, 0.2) is 9.84 Å². The van der Waals surface area contributed by atoms with E-state index in [2.05, 4.69) is 16.1 Å². The Hall–Kier alpha value is -3.41. The number of benzene rings is 1. The zero-order valence-electron chi connectivity index (χ0n) is 20.4. The first kappa shape index (κ1) is 30.8. The summed E-state index contributed by atoms with van der Waals surface area (Å²) in [7, 11) is -2.33. The van der Waals surface area contributed by atoms with E-state index in [-0.39, 0.29) is 30.2 Å². The Labute approximate surface area is 223 Å². The number of nitrogens with two attached hydrogens (primary N) is 1. The van der Waals surface area contributed by atoms with Gasteiger partial charge in [-0.15, -0.1) is 11.8 Å². The van der Waals surface area contributed by atoms with Crippen LogP contribution in [0.2, 0.25) is 0 Å². The first-order chi connectivity index (χ1) is 17.8. The van der Waals surface area contributed by atoms with Crippen molar-refractivity contribution < 1.29 is 42.6 Å². The Kier molecular flexibility index (Phi) is 11.3. The van der Waals surface area contributed by atoms with E-state index in [0.717, 1.165) is 11.8 Å². The van der Waals surface area contributed by atoms with E-state index in [4.69, 9.17) is 15.9 Å². The summed E-state index contributed by atoms with van der Waals surface area (Å²) in [6.07, 6.45) is -0.526. The largest absolute Gasteiger partial charge is 0.480 e. The summed E-state index contributed by atoms with van der Waals surface area (Å²) in [5.41, 5.74) is 7.96. The van der Waals surface area contributed by atoms with Crippen molar-refractivity contribution in [1.29, 1.82) is 0 Å². The average molecular weight is 575 g/mol. The number of carbonyl (C=O) groups is 5. The van der Waals surface area contributed by atoms with Crippen molar-refractivity contribution in [3.8, 4) is 0 Å². The molecular weight excluding hydrogens is 544 g/mol. The van der Waals surface area contributed by atoms with Crippen molar-refractivity contribution >= 4 is 51.4 Å². The number of carboxylic acid groups (broad SMARTS) is 2. The van der Waals surface area contributed by atoms with Gasteiger partial charge in [-0.3, -0.25) is 24.6 Å². The quantitative estimate of drug-likeness (QED) is 0.137. The number of amides is 4. The maximum Gasteiger partial charge on any atom is 0.332 e. The van der Waals surface area contributed by atoms with Crippen LogP contribution in [0, 0.1) is 0 Å². The molecule has 1 aliphatic heterocycles. The average Bonchev–Trinajstić information content (AvgIpc) is 3.20. The summed E-state index contributed by atoms with van der Waals surface area (Å²) in [5.74, 6) is -4.83. The van der Waals surface area contributed by atoms with E-state index in [1.165, 1.54) is 29.1 Å². The van der Waals surface area contributed by atoms with Crippen molar-refractivity contribution in [3.05, 3.63) is 30.3 Å². The number of rotatable bonds is 15. The van der Waals surface area contributed by atoms with E-state index in [1.54, 1.807) is 18.2 Å². The Balaban J connectivity index is 2.20. The number of hydrogen-bond donors (Lipinski definition) is 6. The summed E-state index contributed by atoms with van der Waals surface area (Å²) in [6.45, 7) is -0.686. The maximum absolute atomic E-state index is 13.1. The number of hydrazine groups is 1. The molecule has 1 aromatic carbocycles. The fraction of sp³-hybridized carbons (Fsp3) is 0.476. The smallest absolute Gasteiger partial charge is 0.332 e. The van der Waals surface area contributed by atoms with E-state index in [9.17, 15) is 32.4 Å². The van der Waals surface area contributed by atoms with Gasteiger partial charge in [-0.05, 0) is 18.6 Å². The molecule has 1 aromatic rings. The molecular formula is C21H30N6O9S2. The highest BCUT2D eigenvalue weighted by Crippen LogP contribution is 2.23. The number of sulfone groups is 1. The van der Waals surface area contributed by atoms with Crippen LogP contribution in [-0.2, 0) is 29.0 Å². The number of carboxylic acids is 2. The van der Waals surface area contributed by atoms with Crippen LogP contribution in [0.25, 0.3) is 0 Å². The molecule has 1 heterocycles. The molecule has 7 N–H and O–H groups in total. The minimum Gasteiger partial charge on any atom is -0.480 e. The van der Waals surface area contributed by atoms with Crippen LogP contribution in [-0.4, -0.2) is 108 Å². The van der Waals surface area contributed by atoms with Crippen LogP contribution < -0.4 is 21.8 Å². The van der Waals surface area contributed by atoms with Gasteiger partial charge in [-0.1, -0.05) is 18.2 Å². The van der Waals surface area contributed by atoms with Crippen LogP contribution in [0.3, 0.4) is 0 Å². The van der Waals surface area contributed by atoms with Gasteiger partial charge in [0.05, 0.1) is 22.7 Å². The standard InChI is InChI=1S/C21H30N6O9S2/c1-26-12-27(25-21(26)34)17(11-38(35,36)13-5-3-2-4-6-13)37-10-15(19(31)23-9-18(29)30)24-16(28)8-7-14(22)20(32)33/h2-6,14-15,17H,7-12,22H2,1H3,(H,23,31)(H,24,28)(H,25,34)(H,29,30)(H,32,33)/t14-,15-,17?/m0/s1. The number of thioether (sulfide) groups is 1. The predicted octanol–water partition coefficient (Wildman–Crippen LogP) is -1.77. The summed E-state index contributed by atoms with van der Waals surface area (Å²) in [6, 6.07) is 4.58. The first-order valence-corrected chi connectivity index (χ1v) is 13.9. The molecule has 4 amide bonds. The minimum atomic E-state index is -3.84. The lowest BCUT2D eigenvalue weighted by Crippen LogP contribution is -2.51. The lowest BCUT2D eigenvalue weighted by atomic mass is 10.1. The van der Waals surface area contributed by atoms with Gasteiger partial charge >= 0.3 is 18.0 Å². The molecule has 1 aliphatic rings. The predicted molar refractivity (Wildman–Crippen MR) is 135 cm³/mol. The van der Waals surface area contributed by atoms with Crippen molar-refractivity contribution in [1.82, 2.24) is 26.0 Å². The molecule has 15 nitrogen and oxygen atoms in total. The van der Waals surface area contributed by atoms with Crippen molar-refractivity contribution in [2.45, 2.75) is 35.2 Å². The van der Waals surface area contributed by atoms with E-state index >= 15 is 0 Å². The van der Waals surface area contributed by atoms with Crippen LogP contribution in [0.15, 0.2) is 35.2 Å². The third-order valence-corrected chi connectivity index (χ3v) is 8.57. The van der Waals surface area contributed by atoms with Crippen molar-refractivity contribution in [2.24, 2.45) is 5.73 Å². The van der Waals surface area contributed by atoms with E-state index in [0.29, 0.717) is 0 Å². The monoisotopic (exact) mass is 574 g/mol. The molecule has 2 rings (SSSR count). The summed E-state index contributed by atoms with van der Waals surface area (Å²) in [4.78, 5) is 60.2. The van der Waals surface area contributed by atoms with Crippen LogP contribution in [0.4, 0.5) is 4.79 Å². The highest BCUT2D eigenvalue weighted by atomic mass is 32.2. The summed E-state index contributed by atoms with van der Waals surface area (Å²) >= 11 is 0.950. The van der Waals surface area contributed by atoms with E-state index in [1.807, 2.05) is 0 Å². The molecule has 210 valence electrons. The molecule has 0 bridgehead atoms. The summed E-state index contributed by atoms with van der Waals surface area (Å²) in [5, 5.41) is 22.8. The number of nitrogens with zero attached hydrogens (tertiary/aromatic N) is 2. The normalized spacial score (nSPS) is 16.3. The number of carbonyl (C=O) groups excluding carboxylic acids is 3. The first-order valence-electron chi connectivity index (χ1n) is 11.2. The van der Waals surface area contributed by atoms with Gasteiger partial charge in [0, 0.05) is 19.2 Å². The second-order valence-electron chi connectivity index (χ2n) is 8.32. The van der Waals surface area contributed by atoms with Crippen LogP contribution in [0.1, 0.15) is 12.8 Å². The zero-order chi connectivity index (χ0) is 28.5. The second-order valence-corrected chi connectivity index (χ2v) is 11.6. The molecule has 1 saturated heterocycles. The molecule has 38 heavy (non-hydrogen) atoms. The van der Waals surface area contributed by atoms with Crippen LogP contribution in [0.5, 0.6) is 0 Å².